The predicted molar refractivity (Wildman–Crippen MR) is 83.4 cm³/mol. The van der Waals surface area contributed by atoms with Gasteiger partial charge >= 0.3 is 0 Å². The first-order valence-corrected chi connectivity index (χ1v) is 7.95. The van der Waals surface area contributed by atoms with E-state index < -0.39 is 0 Å². The van der Waals surface area contributed by atoms with Gasteiger partial charge in [0, 0.05) is 43.5 Å². The van der Waals surface area contributed by atoms with E-state index in [9.17, 15) is 0 Å². The van der Waals surface area contributed by atoms with E-state index in [0.29, 0.717) is 6.04 Å². The molecule has 1 unspecified atom stereocenters. The van der Waals surface area contributed by atoms with E-state index in [2.05, 4.69) is 33.6 Å². The highest BCUT2D eigenvalue weighted by Gasteiger charge is 2.34. The SMILES string of the molecule is c1ccc(-n2cc(CNC3CCN(C4CC4)C3)cn2)cc1. The normalized spacial score (nSPS) is 22.8. The summed E-state index contributed by atoms with van der Waals surface area (Å²) in [6, 6.07) is 11.8. The van der Waals surface area contributed by atoms with Gasteiger partial charge in [0.25, 0.3) is 0 Å². The fraction of sp³-hybridized carbons (Fsp3) is 0.471. The summed E-state index contributed by atoms with van der Waals surface area (Å²) in [6.45, 7) is 3.40. The molecule has 0 spiro atoms. The summed E-state index contributed by atoms with van der Waals surface area (Å²) in [5.41, 5.74) is 2.37. The Bertz CT molecular complexity index is 588. The van der Waals surface area contributed by atoms with Crippen molar-refractivity contribution in [2.75, 3.05) is 13.1 Å². The summed E-state index contributed by atoms with van der Waals surface area (Å²) in [5, 5.41) is 8.13. The van der Waals surface area contributed by atoms with Gasteiger partial charge in [0.05, 0.1) is 11.9 Å². The van der Waals surface area contributed by atoms with Crippen LogP contribution in [0.25, 0.3) is 5.69 Å². The van der Waals surface area contributed by atoms with Crippen LogP contribution in [0.1, 0.15) is 24.8 Å². The topological polar surface area (TPSA) is 33.1 Å². The third kappa shape index (κ3) is 3.01. The molecule has 1 aliphatic carbocycles. The third-order valence-electron chi connectivity index (χ3n) is 4.53. The first kappa shape index (κ1) is 13.0. The van der Waals surface area contributed by atoms with Crippen LogP contribution in [0.4, 0.5) is 0 Å². The number of benzene rings is 1. The summed E-state index contributed by atoms with van der Waals surface area (Å²) in [6.07, 6.45) is 8.19. The van der Waals surface area contributed by atoms with E-state index in [4.69, 9.17) is 0 Å². The van der Waals surface area contributed by atoms with Crippen LogP contribution in [-0.4, -0.2) is 39.9 Å². The average molecular weight is 282 g/mol. The maximum Gasteiger partial charge on any atom is 0.0645 e. The van der Waals surface area contributed by atoms with Crippen LogP contribution in [0.2, 0.25) is 0 Å². The molecule has 1 aromatic heterocycles. The van der Waals surface area contributed by atoms with Crippen molar-refractivity contribution >= 4 is 0 Å². The molecule has 1 saturated heterocycles. The molecule has 4 rings (SSSR count). The Labute approximate surface area is 125 Å². The molecule has 0 amide bonds. The van der Waals surface area contributed by atoms with Crippen LogP contribution >= 0.6 is 0 Å². The molecule has 2 aliphatic rings. The monoisotopic (exact) mass is 282 g/mol. The van der Waals surface area contributed by atoms with Gasteiger partial charge in [-0.1, -0.05) is 18.2 Å². The van der Waals surface area contributed by atoms with Crippen molar-refractivity contribution in [3.8, 4) is 5.69 Å². The zero-order valence-corrected chi connectivity index (χ0v) is 12.3. The number of nitrogens with zero attached hydrogens (tertiary/aromatic N) is 3. The second kappa shape index (κ2) is 5.62. The minimum Gasteiger partial charge on any atom is -0.308 e. The number of nitrogens with one attached hydrogen (secondary N) is 1. The largest absolute Gasteiger partial charge is 0.308 e. The Kier molecular flexibility index (Phi) is 3.49. The van der Waals surface area contributed by atoms with Gasteiger partial charge in [-0.15, -0.1) is 0 Å². The molecule has 2 heterocycles. The number of rotatable bonds is 5. The maximum atomic E-state index is 4.45. The summed E-state index contributed by atoms with van der Waals surface area (Å²) < 4.78 is 1.95. The molecular weight excluding hydrogens is 260 g/mol. The Hall–Kier alpha value is -1.65. The highest BCUT2D eigenvalue weighted by Crippen LogP contribution is 2.29. The molecule has 1 aromatic carbocycles. The van der Waals surface area contributed by atoms with Crippen molar-refractivity contribution in [1.82, 2.24) is 20.0 Å². The zero-order chi connectivity index (χ0) is 14.1. The highest BCUT2D eigenvalue weighted by atomic mass is 15.3. The van der Waals surface area contributed by atoms with Crippen LogP contribution in [0.3, 0.4) is 0 Å². The Morgan fingerprint density at radius 1 is 1.14 bits per heavy atom. The Balaban J connectivity index is 1.32. The zero-order valence-electron chi connectivity index (χ0n) is 12.3. The van der Waals surface area contributed by atoms with Gasteiger partial charge in [0.2, 0.25) is 0 Å². The third-order valence-corrected chi connectivity index (χ3v) is 4.53. The molecule has 4 nitrogen and oxygen atoms in total. The van der Waals surface area contributed by atoms with E-state index in [-0.39, 0.29) is 0 Å². The van der Waals surface area contributed by atoms with Crippen LogP contribution in [0, 0.1) is 0 Å². The molecule has 1 saturated carbocycles. The molecule has 0 bridgehead atoms. The molecule has 1 N–H and O–H groups in total. The minimum atomic E-state index is 0.644. The number of hydrogen-bond donors (Lipinski definition) is 1. The number of aromatic nitrogens is 2. The average Bonchev–Trinajstić information content (AvgIpc) is 3.09. The number of likely N-dealkylation sites (tertiary alicyclic amines) is 1. The van der Waals surface area contributed by atoms with E-state index >= 15 is 0 Å². The number of hydrogen-bond acceptors (Lipinski definition) is 3. The maximum absolute atomic E-state index is 4.45. The van der Waals surface area contributed by atoms with Crippen LogP contribution < -0.4 is 5.32 Å². The summed E-state index contributed by atoms with van der Waals surface area (Å²) in [4.78, 5) is 2.64. The molecule has 2 aromatic rings. The van der Waals surface area contributed by atoms with Crippen LogP contribution in [0.5, 0.6) is 0 Å². The lowest BCUT2D eigenvalue weighted by atomic mass is 10.2. The highest BCUT2D eigenvalue weighted by molar-refractivity contribution is 5.30. The Morgan fingerprint density at radius 2 is 2.00 bits per heavy atom. The molecule has 1 atom stereocenters. The van der Waals surface area contributed by atoms with Crippen molar-refractivity contribution in [2.45, 2.75) is 37.9 Å². The fourth-order valence-electron chi connectivity index (χ4n) is 3.16. The van der Waals surface area contributed by atoms with E-state index in [1.807, 2.05) is 29.1 Å². The van der Waals surface area contributed by atoms with Gasteiger partial charge in [0.1, 0.15) is 0 Å². The molecular formula is C17H22N4. The lowest BCUT2D eigenvalue weighted by molar-refractivity contribution is 0.317. The van der Waals surface area contributed by atoms with Gasteiger partial charge in [-0.2, -0.15) is 5.10 Å². The lowest BCUT2D eigenvalue weighted by Gasteiger charge is -2.15. The molecule has 1 aliphatic heterocycles. The standard InChI is InChI=1S/C17H22N4/c1-2-4-17(5-3-1)21-12-14(11-19-21)10-18-15-8-9-20(13-15)16-6-7-16/h1-5,11-12,15-16,18H,6-10,13H2. The minimum absolute atomic E-state index is 0.644. The van der Waals surface area contributed by atoms with Gasteiger partial charge in [-0.3, -0.25) is 4.90 Å². The van der Waals surface area contributed by atoms with Crippen LogP contribution in [0.15, 0.2) is 42.7 Å². The van der Waals surface area contributed by atoms with Crippen molar-refractivity contribution in [3.63, 3.8) is 0 Å². The lowest BCUT2D eigenvalue weighted by Crippen LogP contribution is -2.32. The molecule has 21 heavy (non-hydrogen) atoms. The molecule has 4 heteroatoms. The van der Waals surface area contributed by atoms with Gasteiger partial charge in [-0.05, 0) is 31.4 Å². The van der Waals surface area contributed by atoms with Crippen LogP contribution in [-0.2, 0) is 6.54 Å². The van der Waals surface area contributed by atoms with E-state index in [0.717, 1.165) is 18.3 Å². The Morgan fingerprint density at radius 3 is 2.81 bits per heavy atom. The smallest absolute Gasteiger partial charge is 0.0645 e. The second-order valence-corrected chi connectivity index (χ2v) is 6.22. The number of para-hydroxylation sites is 1. The van der Waals surface area contributed by atoms with Gasteiger partial charge in [0.15, 0.2) is 0 Å². The predicted octanol–water partition coefficient (Wildman–Crippen LogP) is 2.20. The fourth-order valence-corrected chi connectivity index (χ4v) is 3.16. The summed E-state index contributed by atoms with van der Waals surface area (Å²) in [5.74, 6) is 0. The van der Waals surface area contributed by atoms with Crippen molar-refractivity contribution < 1.29 is 0 Å². The van der Waals surface area contributed by atoms with E-state index in [1.54, 1.807) is 0 Å². The molecule has 0 radical (unpaired) electrons. The van der Waals surface area contributed by atoms with Crippen molar-refractivity contribution in [2.24, 2.45) is 0 Å². The van der Waals surface area contributed by atoms with Crippen molar-refractivity contribution in [3.05, 3.63) is 48.3 Å². The van der Waals surface area contributed by atoms with E-state index in [1.165, 1.54) is 37.9 Å². The van der Waals surface area contributed by atoms with Gasteiger partial charge < -0.3 is 5.32 Å². The van der Waals surface area contributed by atoms with Crippen molar-refractivity contribution in [1.29, 1.82) is 0 Å². The molecule has 110 valence electrons. The quantitative estimate of drug-likeness (QED) is 0.912. The summed E-state index contributed by atoms with van der Waals surface area (Å²) in [7, 11) is 0. The first-order valence-electron chi connectivity index (χ1n) is 7.95. The first-order chi connectivity index (χ1) is 10.4. The molecule has 2 fully saturated rings. The van der Waals surface area contributed by atoms with Gasteiger partial charge in [-0.25, -0.2) is 4.68 Å². The second-order valence-electron chi connectivity index (χ2n) is 6.22. The summed E-state index contributed by atoms with van der Waals surface area (Å²) >= 11 is 0.